The molecule has 2 N–H and O–H groups in total. The van der Waals surface area contributed by atoms with Crippen molar-refractivity contribution in [3.63, 3.8) is 0 Å². The fourth-order valence-electron chi connectivity index (χ4n) is 2.91. The number of anilines is 1. The number of sulfonamides is 1. The summed E-state index contributed by atoms with van der Waals surface area (Å²) in [7, 11) is -3.95. The van der Waals surface area contributed by atoms with Crippen molar-refractivity contribution in [1.82, 2.24) is 4.31 Å². The number of rotatable bonds is 8. The summed E-state index contributed by atoms with van der Waals surface area (Å²) < 4.78 is 27.1. The van der Waals surface area contributed by atoms with Crippen LogP contribution in [0.25, 0.3) is 0 Å². The van der Waals surface area contributed by atoms with Crippen LogP contribution < -0.4 is 5.32 Å². The normalized spacial score (nSPS) is 16.6. The molecule has 1 saturated heterocycles. The molecule has 9 nitrogen and oxygen atoms in total. The first kappa shape index (κ1) is 20.1. The van der Waals surface area contributed by atoms with Gasteiger partial charge in [0, 0.05) is 25.2 Å². The third-order valence-corrected chi connectivity index (χ3v) is 6.13. The maximum atomic E-state index is 12.9. The van der Waals surface area contributed by atoms with E-state index in [0.717, 1.165) is 18.9 Å². The van der Waals surface area contributed by atoms with Crippen molar-refractivity contribution < 1.29 is 23.2 Å². The van der Waals surface area contributed by atoms with Crippen LogP contribution in [-0.2, 0) is 14.8 Å². The molecule has 144 valence electrons. The first-order valence-corrected chi connectivity index (χ1v) is 9.85. The van der Waals surface area contributed by atoms with E-state index in [0.29, 0.717) is 13.1 Å². The molecule has 1 aliphatic rings. The summed E-state index contributed by atoms with van der Waals surface area (Å²) in [4.78, 5) is 21.6. The Morgan fingerprint density at radius 3 is 2.46 bits per heavy atom. The zero-order chi connectivity index (χ0) is 19.5. The Balaban J connectivity index is 2.48. The van der Waals surface area contributed by atoms with Crippen molar-refractivity contribution in [1.29, 1.82) is 0 Å². The maximum absolute atomic E-state index is 12.9. The van der Waals surface area contributed by atoms with Gasteiger partial charge in [-0.25, -0.2) is 13.2 Å². The monoisotopic (exact) mass is 385 g/mol. The second-order valence-electron chi connectivity index (χ2n) is 6.71. The smallest absolute Gasteiger partial charge is 0.326 e. The lowest BCUT2D eigenvalue weighted by Gasteiger charge is -2.22. The molecule has 0 bridgehead atoms. The van der Waals surface area contributed by atoms with Gasteiger partial charge in [-0.05, 0) is 31.2 Å². The molecular weight excluding hydrogens is 362 g/mol. The summed E-state index contributed by atoms with van der Waals surface area (Å²) in [5, 5.41) is 23.2. The van der Waals surface area contributed by atoms with Crippen molar-refractivity contribution in [3.8, 4) is 0 Å². The van der Waals surface area contributed by atoms with E-state index in [9.17, 15) is 28.4 Å². The molecule has 0 aromatic heterocycles. The predicted octanol–water partition coefficient (Wildman–Crippen LogP) is 2.29. The lowest BCUT2D eigenvalue weighted by Crippen LogP contribution is -2.33. The van der Waals surface area contributed by atoms with E-state index in [1.165, 1.54) is 16.4 Å². The number of carboxylic acid groups (broad SMARTS) is 1. The molecule has 0 amide bonds. The summed E-state index contributed by atoms with van der Waals surface area (Å²) >= 11 is 0. The maximum Gasteiger partial charge on any atom is 0.326 e. The zero-order valence-corrected chi connectivity index (χ0v) is 15.5. The first-order valence-electron chi connectivity index (χ1n) is 8.41. The SMILES string of the molecule is CC(C)CC(Nc1ccc([N+](=O)[O-])cc1S(=O)(=O)N1CCCC1)C(=O)O. The van der Waals surface area contributed by atoms with Crippen LogP contribution in [0.15, 0.2) is 23.1 Å². The Morgan fingerprint density at radius 1 is 1.35 bits per heavy atom. The van der Waals surface area contributed by atoms with Crippen molar-refractivity contribution in [2.75, 3.05) is 18.4 Å². The molecule has 0 radical (unpaired) electrons. The summed E-state index contributed by atoms with van der Waals surface area (Å²) in [6.07, 6.45) is 1.74. The second-order valence-corrected chi connectivity index (χ2v) is 8.62. The number of nitro benzene ring substituents is 1. The van der Waals surface area contributed by atoms with Crippen LogP contribution in [0.4, 0.5) is 11.4 Å². The number of nitrogens with zero attached hydrogens (tertiary/aromatic N) is 2. The van der Waals surface area contributed by atoms with E-state index in [-0.39, 0.29) is 28.6 Å². The van der Waals surface area contributed by atoms with Gasteiger partial charge >= 0.3 is 5.97 Å². The molecule has 0 saturated carbocycles. The fourth-order valence-corrected chi connectivity index (χ4v) is 4.60. The zero-order valence-electron chi connectivity index (χ0n) is 14.7. The highest BCUT2D eigenvalue weighted by Gasteiger charge is 2.32. The molecular formula is C16H23N3O6S. The van der Waals surface area contributed by atoms with Gasteiger partial charge in [-0.2, -0.15) is 4.31 Å². The van der Waals surface area contributed by atoms with E-state index in [1.807, 2.05) is 13.8 Å². The first-order chi connectivity index (χ1) is 12.1. The molecule has 1 heterocycles. The number of hydrogen-bond donors (Lipinski definition) is 2. The van der Waals surface area contributed by atoms with E-state index < -0.39 is 27.0 Å². The van der Waals surface area contributed by atoms with Crippen LogP contribution in [0, 0.1) is 16.0 Å². The van der Waals surface area contributed by atoms with E-state index in [2.05, 4.69) is 5.32 Å². The Bertz CT molecular complexity index is 787. The highest BCUT2D eigenvalue weighted by atomic mass is 32.2. The largest absolute Gasteiger partial charge is 0.480 e. The van der Waals surface area contributed by atoms with Gasteiger partial charge in [-0.1, -0.05) is 13.8 Å². The van der Waals surface area contributed by atoms with Crippen molar-refractivity contribution in [2.45, 2.75) is 44.0 Å². The molecule has 1 unspecified atom stereocenters. The number of nitrogens with one attached hydrogen (secondary N) is 1. The summed E-state index contributed by atoms with van der Waals surface area (Å²) in [5.74, 6) is -1.04. The number of benzene rings is 1. The molecule has 1 aromatic carbocycles. The minimum atomic E-state index is -3.95. The van der Waals surface area contributed by atoms with Gasteiger partial charge in [-0.3, -0.25) is 10.1 Å². The molecule has 1 aliphatic heterocycles. The fraction of sp³-hybridized carbons (Fsp3) is 0.562. The van der Waals surface area contributed by atoms with E-state index in [4.69, 9.17) is 0 Å². The Labute approximate surface area is 152 Å². The molecule has 2 rings (SSSR count). The van der Waals surface area contributed by atoms with Gasteiger partial charge in [0.15, 0.2) is 0 Å². The van der Waals surface area contributed by atoms with Crippen molar-refractivity contribution >= 4 is 27.4 Å². The van der Waals surface area contributed by atoms with Crippen LogP contribution in [0.3, 0.4) is 0 Å². The Kier molecular flexibility index (Phi) is 6.19. The molecule has 1 fully saturated rings. The van der Waals surface area contributed by atoms with Crippen LogP contribution in [0.2, 0.25) is 0 Å². The van der Waals surface area contributed by atoms with Gasteiger partial charge in [0.1, 0.15) is 10.9 Å². The Hall–Kier alpha value is -2.20. The van der Waals surface area contributed by atoms with Crippen LogP contribution in [0.1, 0.15) is 33.1 Å². The average molecular weight is 385 g/mol. The number of non-ortho nitro benzene ring substituents is 1. The Morgan fingerprint density at radius 2 is 1.96 bits per heavy atom. The predicted molar refractivity (Wildman–Crippen MR) is 95.6 cm³/mol. The van der Waals surface area contributed by atoms with Gasteiger partial charge in [0.25, 0.3) is 5.69 Å². The lowest BCUT2D eigenvalue weighted by atomic mass is 10.0. The lowest BCUT2D eigenvalue weighted by molar-refractivity contribution is -0.385. The molecule has 1 aromatic rings. The van der Waals surface area contributed by atoms with Crippen molar-refractivity contribution in [3.05, 3.63) is 28.3 Å². The number of nitro groups is 1. The van der Waals surface area contributed by atoms with E-state index >= 15 is 0 Å². The molecule has 26 heavy (non-hydrogen) atoms. The van der Waals surface area contributed by atoms with E-state index in [1.54, 1.807) is 0 Å². The van der Waals surface area contributed by atoms with Crippen molar-refractivity contribution in [2.24, 2.45) is 5.92 Å². The number of aliphatic carboxylic acids is 1. The second kappa shape index (κ2) is 8.00. The number of hydrogen-bond acceptors (Lipinski definition) is 6. The van der Waals surface area contributed by atoms with Crippen LogP contribution in [-0.4, -0.2) is 47.9 Å². The molecule has 1 atom stereocenters. The summed E-state index contributed by atoms with van der Waals surface area (Å²) in [5.41, 5.74) is -0.292. The molecule has 0 spiro atoms. The quantitative estimate of drug-likeness (QED) is 0.518. The molecule has 10 heteroatoms. The average Bonchev–Trinajstić information content (AvgIpc) is 3.09. The highest BCUT2D eigenvalue weighted by Crippen LogP contribution is 2.31. The third kappa shape index (κ3) is 4.50. The topological polar surface area (TPSA) is 130 Å². The summed E-state index contributed by atoms with van der Waals surface area (Å²) in [6, 6.07) is 2.42. The minimum absolute atomic E-state index is 0.0653. The minimum Gasteiger partial charge on any atom is -0.480 e. The third-order valence-electron chi connectivity index (χ3n) is 4.19. The summed E-state index contributed by atoms with van der Waals surface area (Å²) in [6.45, 7) is 4.41. The van der Waals surface area contributed by atoms with Gasteiger partial charge < -0.3 is 10.4 Å². The number of carbonyl (C=O) groups is 1. The highest BCUT2D eigenvalue weighted by molar-refractivity contribution is 7.89. The van der Waals surface area contributed by atoms with Gasteiger partial charge in [0.05, 0.1) is 10.6 Å². The number of carboxylic acids is 1. The van der Waals surface area contributed by atoms with Gasteiger partial charge in [0.2, 0.25) is 10.0 Å². The van der Waals surface area contributed by atoms with Gasteiger partial charge in [-0.15, -0.1) is 0 Å². The van der Waals surface area contributed by atoms with Crippen LogP contribution in [0.5, 0.6) is 0 Å². The standard InChI is InChI=1S/C16H23N3O6S/c1-11(2)9-14(16(20)21)17-13-6-5-12(19(22)23)10-15(13)26(24,25)18-7-3-4-8-18/h5-6,10-11,14,17H,3-4,7-9H2,1-2H3,(H,20,21). The molecule has 0 aliphatic carbocycles. The van der Waals surface area contributed by atoms with Crippen LogP contribution >= 0.6 is 0 Å².